The molecule has 2 aromatic heterocycles. The van der Waals surface area contributed by atoms with E-state index in [-0.39, 0.29) is 0 Å². The van der Waals surface area contributed by atoms with Crippen LogP contribution in [0.25, 0.3) is 10.8 Å². The molecule has 0 saturated heterocycles. The zero-order valence-electron chi connectivity index (χ0n) is 7.35. The molecule has 0 aromatic carbocycles. The molecule has 6 heteroatoms. The third-order valence-corrected chi connectivity index (χ3v) is 2.29. The van der Waals surface area contributed by atoms with Crippen LogP contribution in [0, 0.1) is 0 Å². The first-order chi connectivity index (χ1) is 6.27. The third kappa shape index (κ3) is 1.52. The SMILES string of the molecule is CN(C)c1n[nH]c(-c2nccs2)n1. The number of hydrogen-bond acceptors (Lipinski definition) is 5. The molecule has 2 rings (SSSR count). The Bertz CT molecular complexity index is 377. The second-order valence-corrected chi connectivity index (χ2v) is 3.61. The minimum atomic E-state index is 0.671. The molecule has 0 unspecified atom stereocenters. The summed E-state index contributed by atoms with van der Waals surface area (Å²) in [5.41, 5.74) is 0. The lowest BCUT2D eigenvalue weighted by Crippen LogP contribution is -2.10. The molecule has 0 atom stereocenters. The molecule has 0 aliphatic heterocycles. The highest BCUT2D eigenvalue weighted by atomic mass is 32.1. The van der Waals surface area contributed by atoms with E-state index in [1.807, 2.05) is 24.4 Å². The fourth-order valence-electron chi connectivity index (χ4n) is 0.889. The maximum absolute atomic E-state index is 4.26. The van der Waals surface area contributed by atoms with Crippen molar-refractivity contribution in [1.82, 2.24) is 20.2 Å². The molecule has 0 spiro atoms. The van der Waals surface area contributed by atoms with Crippen LogP contribution in [0.3, 0.4) is 0 Å². The van der Waals surface area contributed by atoms with Crippen LogP contribution in [-0.2, 0) is 0 Å². The average molecular weight is 195 g/mol. The lowest BCUT2D eigenvalue weighted by atomic mass is 10.6. The summed E-state index contributed by atoms with van der Waals surface area (Å²) in [6.45, 7) is 0. The second kappa shape index (κ2) is 3.14. The quantitative estimate of drug-likeness (QED) is 0.776. The predicted molar refractivity (Wildman–Crippen MR) is 51.8 cm³/mol. The highest BCUT2D eigenvalue weighted by Crippen LogP contribution is 2.18. The molecule has 2 aromatic rings. The Morgan fingerprint density at radius 1 is 1.46 bits per heavy atom. The number of nitrogens with one attached hydrogen (secondary N) is 1. The van der Waals surface area contributed by atoms with Gasteiger partial charge < -0.3 is 4.90 Å². The molecule has 1 N–H and O–H groups in total. The molecule has 0 bridgehead atoms. The van der Waals surface area contributed by atoms with E-state index in [9.17, 15) is 0 Å². The van der Waals surface area contributed by atoms with Gasteiger partial charge in [-0.1, -0.05) is 0 Å². The largest absolute Gasteiger partial charge is 0.346 e. The summed E-state index contributed by atoms with van der Waals surface area (Å²) in [6, 6.07) is 0. The Labute approximate surface area is 79.5 Å². The van der Waals surface area contributed by atoms with Crippen LogP contribution in [0.4, 0.5) is 5.95 Å². The van der Waals surface area contributed by atoms with Gasteiger partial charge in [0.1, 0.15) is 0 Å². The summed E-state index contributed by atoms with van der Waals surface area (Å²) in [6.07, 6.45) is 1.75. The first-order valence-corrected chi connectivity index (χ1v) is 4.65. The van der Waals surface area contributed by atoms with Crippen molar-refractivity contribution < 1.29 is 0 Å². The molecule has 0 saturated carbocycles. The van der Waals surface area contributed by atoms with E-state index in [1.54, 1.807) is 6.20 Å². The molecule has 0 radical (unpaired) electrons. The molecule has 13 heavy (non-hydrogen) atoms. The normalized spacial score (nSPS) is 10.3. The lowest BCUT2D eigenvalue weighted by molar-refractivity contribution is 0.999. The van der Waals surface area contributed by atoms with E-state index in [4.69, 9.17) is 0 Å². The minimum absolute atomic E-state index is 0.671. The summed E-state index contributed by atoms with van der Waals surface area (Å²) in [5.74, 6) is 1.39. The van der Waals surface area contributed by atoms with Crippen LogP contribution in [-0.4, -0.2) is 34.3 Å². The van der Waals surface area contributed by atoms with Gasteiger partial charge in [0.15, 0.2) is 10.8 Å². The van der Waals surface area contributed by atoms with E-state index in [1.165, 1.54) is 11.3 Å². The fourth-order valence-corrected chi connectivity index (χ4v) is 1.46. The van der Waals surface area contributed by atoms with Gasteiger partial charge in [-0.2, -0.15) is 4.98 Å². The number of H-pyrrole nitrogens is 1. The molecule has 0 aliphatic rings. The Morgan fingerprint density at radius 3 is 2.85 bits per heavy atom. The molecule has 2 heterocycles. The van der Waals surface area contributed by atoms with Crippen LogP contribution in [0.5, 0.6) is 0 Å². The number of hydrogen-bond donors (Lipinski definition) is 1. The van der Waals surface area contributed by atoms with Crippen molar-refractivity contribution in [3.63, 3.8) is 0 Å². The van der Waals surface area contributed by atoms with Gasteiger partial charge in [-0.15, -0.1) is 16.4 Å². The first kappa shape index (κ1) is 8.18. The monoisotopic (exact) mass is 195 g/mol. The van der Waals surface area contributed by atoms with Crippen LogP contribution < -0.4 is 4.90 Å². The highest BCUT2D eigenvalue weighted by Gasteiger charge is 2.07. The van der Waals surface area contributed by atoms with E-state index in [0.717, 1.165) is 10.8 Å². The molecular formula is C7H9N5S. The summed E-state index contributed by atoms with van der Waals surface area (Å²) in [5, 5.41) is 9.63. The zero-order valence-corrected chi connectivity index (χ0v) is 8.17. The fraction of sp³-hybridized carbons (Fsp3) is 0.286. The third-order valence-electron chi connectivity index (χ3n) is 1.51. The van der Waals surface area contributed by atoms with Gasteiger partial charge >= 0.3 is 0 Å². The van der Waals surface area contributed by atoms with Crippen molar-refractivity contribution in [3.8, 4) is 10.8 Å². The molecule has 0 fully saturated rings. The summed E-state index contributed by atoms with van der Waals surface area (Å²) >= 11 is 1.54. The van der Waals surface area contributed by atoms with Crippen molar-refractivity contribution in [1.29, 1.82) is 0 Å². The summed E-state index contributed by atoms with van der Waals surface area (Å²) in [7, 11) is 3.80. The zero-order chi connectivity index (χ0) is 9.26. The van der Waals surface area contributed by atoms with Gasteiger partial charge in [0.2, 0.25) is 5.95 Å². The van der Waals surface area contributed by atoms with E-state index < -0.39 is 0 Å². The van der Waals surface area contributed by atoms with Crippen molar-refractivity contribution >= 4 is 17.3 Å². The van der Waals surface area contributed by atoms with Crippen LogP contribution >= 0.6 is 11.3 Å². The maximum atomic E-state index is 4.26. The van der Waals surface area contributed by atoms with Crippen molar-refractivity contribution in [2.45, 2.75) is 0 Å². The maximum Gasteiger partial charge on any atom is 0.244 e. The average Bonchev–Trinajstić information content (AvgIpc) is 2.75. The smallest absolute Gasteiger partial charge is 0.244 e. The lowest BCUT2D eigenvalue weighted by Gasteiger charge is -2.03. The Kier molecular flexibility index (Phi) is 1.97. The Hall–Kier alpha value is -1.43. The van der Waals surface area contributed by atoms with Gasteiger partial charge in [-0.05, 0) is 0 Å². The van der Waals surface area contributed by atoms with E-state index in [0.29, 0.717) is 5.95 Å². The number of aromatic amines is 1. The van der Waals surface area contributed by atoms with Gasteiger partial charge in [0.05, 0.1) is 0 Å². The standard InChI is InChI=1S/C7H9N5S/c1-12(2)7-9-5(10-11-7)6-8-3-4-13-6/h3-4H,1-2H3,(H,9,10,11). The van der Waals surface area contributed by atoms with Crippen LogP contribution in [0.1, 0.15) is 0 Å². The van der Waals surface area contributed by atoms with E-state index in [2.05, 4.69) is 20.2 Å². The second-order valence-electron chi connectivity index (χ2n) is 2.72. The van der Waals surface area contributed by atoms with Gasteiger partial charge in [-0.25, -0.2) is 4.98 Å². The van der Waals surface area contributed by atoms with Gasteiger partial charge in [-0.3, -0.25) is 5.10 Å². The highest BCUT2D eigenvalue weighted by molar-refractivity contribution is 7.12. The van der Waals surface area contributed by atoms with E-state index >= 15 is 0 Å². The number of rotatable bonds is 2. The number of thiazole rings is 1. The minimum Gasteiger partial charge on any atom is -0.346 e. The molecule has 0 aliphatic carbocycles. The first-order valence-electron chi connectivity index (χ1n) is 3.77. The molecule has 0 amide bonds. The van der Waals surface area contributed by atoms with Gasteiger partial charge in [0.25, 0.3) is 0 Å². The number of nitrogens with zero attached hydrogens (tertiary/aromatic N) is 4. The topological polar surface area (TPSA) is 57.7 Å². The molecule has 5 nitrogen and oxygen atoms in total. The molecule has 68 valence electrons. The Balaban J connectivity index is 2.33. The number of anilines is 1. The van der Waals surface area contributed by atoms with Crippen LogP contribution in [0.15, 0.2) is 11.6 Å². The number of aromatic nitrogens is 4. The van der Waals surface area contributed by atoms with Crippen molar-refractivity contribution in [2.75, 3.05) is 19.0 Å². The van der Waals surface area contributed by atoms with Crippen molar-refractivity contribution in [2.24, 2.45) is 0 Å². The molecular weight excluding hydrogens is 186 g/mol. The van der Waals surface area contributed by atoms with Crippen LogP contribution in [0.2, 0.25) is 0 Å². The van der Waals surface area contributed by atoms with Gasteiger partial charge in [0, 0.05) is 25.7 Å². The summed E-state index contributed by atoms with van der Waals surface area (Å²) < 4.78 is 0. The predicted octanol–water partition coefficient (Wildman–Crippen LogP) is 0.994. The summed E-state index contributed by atoms with van der Waals surface area (Å²) in [4.78, 5) is 10.2. The van der Waals surface area contributed by atoms with Crippen molar-refractivity contribution in [3.05, 3.63) is 11.6 Å². The Morgan fingerprint density at radius 2 is 2.31 bits per heavy atom.